The number of carbonyl (C=O) groups excluding carboxylic acids is 1. The number of nitrogens with two attached hydrogens (primary N) is 1. The van der Waals surface area contributed by atoms with Gasteiger partial charge in [-0.2, -0.15) is 5.10 Å². The molecule has 2 aromatic rings. The van der Waals surface area contributed by atoms with E-state index < -0.39 is 0 Å². The molecule has 1 aromatic carbocycles. The molecule has 0 fully saturated rings. The summed E-state index contributed by atoms with van der Waals surface area (Å²) < 4.78 is 1.63. The number of aryl methyl sites for hydroxylation is 2. The fraction of sp³-hybridized carbons (Fsp3) is 0.286. The lowest BCUT2D eigenvalue weighted by atomic mass is 10.1. The minimum atomic E-state index is -0.154. The van der Waals surface area contributed by atoms with Crippen LogP contribution in [0.3, 0.4) is 0 Å². The van der Waals surface area contributed by atoms with Crippen molar-refractivity contribution in [2.45, 2.75) is 19.9 Å². The molecule has 1 amide bonds. The standard InChI is InChI=1S/C14H18N4O/c1-9(15)11-4-6-12(7-5-11)16-14(19)13-8-18(3)17-10(13)2/h4-9H,15H2,1-3H3,(H,16,19). The summed E-state index contributed by atoms with van der Waals surface area (Å²) in [5, 5.41) is 7.00. The summed E-state index contributed by atoms with van der Waals surface area (Å²) in [5.41, 5.74) is 8.86. The maximum absolute atomic E-state index is 12.1. The summed E-state index contributed by atoms with van der Waals surface area (Å²) >= 11 is 0. The van der Waals surface area contributed by atoms with Crippen LogP contribution >= 0.6 is 0 Å². The number of amides is 1. The highest BCUT2D eigenvalue weighted by Gasteiger charge is 2.12. The molecule has 100 valence electrons. The second kappa shape index (κ2) is 5.24. The van der Waals surface area contributed by atoms with Crippen molar-refractivity contribution in [1.29, 1.82) is 0 Å². The van der Waals surface area contributed by atoms with Gasteiger partial charge in [0.15, 0.2) is 0 Å². The highest BCUT2D eigenvalue weighted by molar-refractivity contribution is 6.04. The quantitative estimate of drug-likeness (QED) is 0.884. The second-order valence-electron chi connectivity index (χ2n) is 4.67. The second-order valence-corrected chi connectivity index (χ2v) is 4.67. The molecule has 0 aliphatic carbocycles. The normalized spacial score (nSPS) is 12.2. The Morgan fingerprint density at radius 3 is 2.47 bits per heavy atom. The molecule has 0 aliphatic rings. The van der Waals surface area contributed by atoms with Crippen molar-refractivity contribution in [1.82, 2.24) is 9.78 Å². The van der Waals surface area contributed by atoms with E-state index in [1.807, 2.05) is 38.1 Å². The summed E-state index contributed by atoms with van der Waals surface area (Å²) in [6, 6.07) is 7.52. The van der Waals surface area contributed by atoms with Crippen LogP contribution in [0.2, 0.25) is 0 Å². The molecule has 0 bridgehead atoms. The van der Waals surface area contributed by atoms with Gasteiger partial charge in [0.1, 0.15) is 0 Å². The summed E-state index contributed by atoms with van der Waals surface area (Å²) in [4.78, 5) is 12.1. The molecule has 1 heterocycles. The Labute approximate surface area is 112 Å². The maximum atomic E-state index is 12.1. The molecule has 1 unspecified atom stereocenters. The predicted octanol–water partition coefficient (Wildman–Crippen LogP) is 2.00. The Bertz CT molecular complexity index is 584. The van der Waals surface area contributed by atoms with Crippen molar-refractivity contribution < 1.29 is 4.79 Å². The van der Waals surface area contributed by atoms with E-state index in [9.17, 15) is 4.79 Å². The van der Waals surface area contributed by atoms with Crippen molar-refractivity contribution in [2.24, 2.45) is 12.8 Å². The van der Waals surface area contributed by atoms with Gasteiger partial charge in [-0.15, -0.1) is 0 Å². The maximum Gasteiger partial charge on any atom is 0.259 e. The van der Waals surface area contributed by atoms with E-state index in [0.29, 0.717) is 11.3 Å². The molecule has 1 aromatic heterocycles. The molecule has 1 atom stereocenters. The van der Waals surface area contributed by atoms with Gasteiger partial charge in [-0.1, -0.05) is 12.1 Å². The zero-order valence-corrected chi connectivity index (χ0v) is 11.3. The first-order valence-electron chi connectivity index (χ1n) is 6.14. The Morgan fingerprint density at radius 1 is 1.37 bits per heavy atom. The molecule has 5 heteroatoms. The number of aromatic nitrogens is 2. The average Bonchev–Trinajstić information content (AvgIpc) is 2.69. The molecular weight excluding hydrogens is 240 g/mol. The van der Waals surface area contributed by atoms with Crippen molar-refractivity contribution in [3.05, 3.63) is 47.3 Å². The van der Waals surface area contributed by atoms with E-state index in [4.69, 9.17) is 5.73 Å². The van der Waals surface area contributed by atoms with Crippen LogP contribution in [0, 0.1) is 6.92 Å². The van der Waals surface area contributed by atoms with E-state index in [2.05, 4.69) is 10.4 Å². The third kappa shape index (κ3) is 3.00. The van der Waals surface area contributed by atoms with E-state index in [1.54, 1.807) is 17.9 Å². The van der Waals surface area contributed by atoms with Gasteiger partial charge in [-0.3, -0.25) is 9.48 Å². The van der Waals surface area contributed by atoms with Crippen molar-refractivity contribution in [2.75, 3.05) is 5.32 Å². The topological polar surface area (TPSA) is 72.9 Å². The van der Waals surface area contributed by atoms with Crippen LogP contribution in [0.4, 0.5) is 5.69 Å². The van der Waals surface area contributed by atoms with Crippen molar-refractivity contribution in [3.63, 3.8) is 0 Å². The van der Waals surface area contributed by atoms with Crippen LogP contribution in [0.25, 0.3) is 0 Å². The molecule has 0 aliphatic heterocycles. The van der Waals surface area contributed by atoms with Gasteiger partial charge in [-0.25, -0.2) is 0 Å². The van der Waals surface area contributed by atoms with Crippen LogP contribution in [0.5, 0.6) is 0 Å². The number of anilines is 1. The van der Waals surface area contributed by atoms with Crippen LogP contribution in [0.1, 0.15) is 34.6 Å². The van der Waals surface area contributed by atoms with Gasteiger partial charge in [0.05, 0.1) is 11.3 Å². The van der Waals surface area contributed by atoms with Crippen LogP contribution < -0.4 is 11.1 Å². The number of hydrogen-bond acceptors (Lipinski definition) is 3. The molecule has 2 rings (SSSR count). The third-order valence-corrected chi connectivity index (χ3v) is 2.95. The number of nitrogens with zero attached hydrogens (tertiary/aromatic N) is 2. The fourth-order valence-electron chi connectivity index (χ4n) is 1.89. The van der Waals surface area contributed by atoms with Crippen LogP contribution in [-0.4, -0.2) is 15.7 Å². The first kappa shape index (κ1) is 13.3. The Kier molecular flexibility index (Phi) is 3.66. The Hall–Kier alpha value is -2.14. The van der Waals surface area contributed by atoms with Gasteiger partial charge >= 0.3 is 0 Å². The van der Waals surface area contributed by atoms with E-state index in [1.165, 1.54) is 0 Å². The van der Waals surface area contributed by atoms with Crippen LogP contribution in [0.15, 0.2) is 30.5 Å². The predicted molar refractivity (Wildman–Crippen MR) is 74.9 cm³/mol. The number of rotatable bonds is 3. The summed E-state index contributed by atoms with van der Waals surface area (Å²) in [7, 11) is 1.79. The highest BCUT2D eigenvalue weighted by atomic mass is 16.1. The molecule has 5 nitrogen and oxygen atoms in total. The largest absolute Gasteiger partial charge is 0.324 e. The molecular formula is C14H18N4O. The summed E-state index contributed by atoms with van der Waals surface area (Å²) in [6.07, 6.45) is 1.71. The lowest BCUT2D eigenvalue weighted by molar-refractivity contribution is 0.102. The zero-order chi connectivity index (χ0) is 14.0. The van der Waals surface area contributed by atoms with Gasteiger partial charge in [0.25, 0.3) is 5.91 Å². The summed E-state index contributed by atoms with van der Waals surface area (Å²) in [6.45, 7) is 3.74. The van der Waals surface area contributed by atoms with Gasteiger partial charge in [-0.05, 0) is 31.5 Å². The fourth-order valence-corrected chi connectivity index (χ4v) is 1.89. The average molecular weight is 258 g/mol. The number of nitrogens with one attached hydrogen (secondary N) is 1. The van der Waals surface area contributed by atoms with E-state index >= 15 is 0 Å². The summed E-state index contributed by atoms with van der Waals surface area (Å²) in [5.74, 6) is -0.154. The molecule has 0 saturated carbocycles. The minimum Gasteiger partial charge on any atom is -0.324 e. The van der Waals surface area contributed by atoms with Gasteiger partial charge < -0.3 is 11.1 Å². The monoisotopic (exact) mass is 258 g/mol. The number of hydrogen-bond donors (Lipinski definition) is 2. The number of benzene rings is 1. The van der Waals surface area contributed by atoms with Crippen LogP contribution in [-0.2, 0) is 7.05 Å². The lowest BCUT2D eigenvalue weighted by Crippen LogP contribution is -2.12. The van der Waals surface area contributed by atoms with Gasteiger partial charge in [0, 0.05) is 25.0 Å². The van der Waals surface area contributed by atoms with E-state index in [-0.39, 0.29) is 11.9 Å². The SMILES string of the molecule is Cc1nn(C)cc1C(=O)Nc1ccc(C(C)N)cc1. The molecule has 0 spiro atoms. The van der Waals surface area contributed by atoms with Gasteiger partial charge in [0.2, 0.25) is 0 Å². The van der Waals surface area contributed by atoms with Crippen molar-refractivity contribution in [3.8, 4) is 0 Å². The molecule has 3 N–H and O–H groups in total. The molecule has 0 saturated heterocycles. The Morgan fingerprint density at radius 2 is 2.00 bits per heavy atom. The van der Waals surface area contributed by atoms with Crippen molar-refractivity contribution >= 4 is 11.6 Å². The first-order chi connectivity index (χ1) is 8.97. The Balaban J connectivity index is 2.13. The lowest BCUT2D eigenvalue weighted by Gasteiger charge is -2.08. The molecule has 19 heavy (non-hydrogen) atoms. The zero-order valence-electron chi connectivity index (χ0n) is 11.3. The highest BCUT2D eigenvalue weighted by Crippen LogP contribution is 2.15. The molecule has 0 radical (unpaired) electrons. The third-order valence-electron chi connectivity index (χ3n) is 2.95. The minimum absolute atomic E-state index is 0.00896. The number of carbonyl (C=O) groups is 1. The first-order valence-corrected chi connectivity index (χ1v) is 6.14. The van der Waals surface area contributed by atoms with E-state index in [0.717, 1.165) is 11.3 Å². The smallest absolute Gasteiger partial charge is 0.259 e.